The number of hydrogen-bond acceptors (Lipinski definition) is 3. The van der Waals surface area contributed by atoms with Crippen LogP contribution >= 0.6 is 35.6 Å². The fourth-order valence-corrected chi connectivity index (χ4v) is 3.93. The van der Waals surface area contributed by atoms with E-state index >= 15 is 0 Å². The lowest BCUT2D eigenvalue weighted by atomic mass is 9.51. The van der Waals surface area contributed by atoms with Crippen LogP contribution in [0.3, 0.4) is 0 Å². The van der Waals surface area contributed by atoms with Gasteiger partial charge in [0.05, 0.1) is 24.3 Å². The zero-order valence-electron chi connectivity index (χ0n) is 14.0. The van der Waals surface area contributed by atoms with E-state index in [1.165, 1.54) is 19.3 Å². The quantitative estimate of drug-likeness (QED) is 0.391. The predicted octanol–water partition coefficient (Wildman–Crippen LogP) is 4.04. The fourth-order valence-electron chi connectivity index (χ4n) is 3.68. The van der Waals surface area contributed by atoms with Crippen molar-refractivity contribution in [2.45, 2.75) is 44.8 Å². The molecule has 0 amide bonds. The molecule has 1 aromatic carbocycles. The minimum Gasteiger partial charge on any atom is -0.495 e. The summed E-state index contributed by atoms with van der Waals surface area (Å²) in [6.45, 7) is 2.81. The van der Waals surface area contributed by atoms with Crippen LogP contribution in [0.2, 0.25) is 5.02 Å². The highest BCUT2D eigenvalue weighted by Crippen LogP contribution is 2.58. The van der Waals surface area contributed by atoms with Gasteiger partial charge in [-0.25, -0.2) is 4.99 Å². The fraction of sp³-hybridized carbons (Fsp3) is 0.588. The van der Waals surface area contributed by atoms with Crippen molar-refractivity contribution in [3.05, 3.63) is 23.2 Å². The number of rotatable bonds is 5. The molecule has 2 atom stereocenters. The SMILES string of the molecule is CCOC1CC(N=C(N)Nc2ccc(OC)c(Cl)c2)C12CCC2.I. The smallest absolute Gasteiger partial charge is 0.193 e. The van der Waals surface area contributed by atoms with Crippen LogP contribution < -0.4 is 15.8 Å². The number of nitrogens with two attached hydrogens (primary N) is 1. The Bertz CT molecular complexity index is 607. The summed E-state index contributed by atoms with van der Waals surface area (Å²) in [6.07, 6.45) is 4.94. The first-order chi connectivity index (χ1) is 11.1. The summed E-state index contributed by atoms with van der Waals surface area (Å²) in [4.78, 5) is 4.69. The van der Waals surface area contributed by atoms with E-state index < -0.39 is 0 Å². The predicted molar refractivity (Wildman–Crippen MR) is 109 cm³/mol. The Balaban J connectivity index is 0.00000208. The van der Waals surface area contributed by atoms with Crippen LogP contribution in [0.1, 0.15) is 32.6 Å². The van der Waals surface area contributed by atoms with Gasteiger partial charge in [0.15, 0.2) is 5.96 Å². The Morgan fingerprint density at radius 2 is 2.21 bits per heavy atom. The number of halogens is 2. The first kappa shape index (κ1) is 19.6. The van der Waals surface area contributed by atoms with Gasteiger partial charge in [0.1, 0.15) is 5.75 Å². The highest BCUT2D eigenvalue weighted by atomic mass is 127. The van der Waals surface area contributed by atoms with Gasteiger partial charge in [-0.05, 0) is 44.4 Å². The lowest BCUT2D eigenvalue weighted by molar-refractivity contribution is -0.162. The Labute approximate surface area is 165 Å². The Kier molecular flexibility index (Phi) is 6.61. The molecule has 134 valence electrons. The van der Waals surface area contributed by atoms with Crippen LogP contribution in [-0.4, -0.2) is 31.8 Å². The Morgan fingerprint density at radius 1 is 1.46 bits per heavy atom. The van der Waals surface area contributed by atoms with Crippen LogP contribution in [0, 0.1) is 5.41 Å². The molecule has 3 rings (SSSR count). The normalized spacial score (nSPS) is 24.5. The van der Waals surface area contributed by atoms with Crippen LogP contribution in [0.5, 0.6) is 5.75 Å². The van der Waals surface area contributed by atoms with Gasteiger partial charge in [-0.2, -0.15) is 0 Å². The molecule has 0 aliphatic heterocycles. The zero-order valence-corrected chi connectivity index (χ0v) is 17.1. The summed E-state index contributed by atoms with van der Waals surface area (Å²) in [7, 11) is 1.59. The van der Waals surface area contributed by atoms with Crippen LogP contribution in [0.25, 0.3) is 0 Å². The molecule has 2 aliphatic rings. The van der Waals surface area contributed by atoms with Gasteiger partial charge in [-0.15, -0.1) is 24.0 Å². The van der Waals surface area contributed by atoms with Crippen molar-refractivity contribution in [1.29, 1.82) is 0 Å². The maximum absolute atomic E-state index is 6.13. The number of ether oxygens (including phenoxy) is 2. The van der Waals surface area contributed by atoms with Gasteiger partial charge in [0.25, 0.3) is 0 Å². The molecular formula is C17H25ClIN3O2. The largest absolute Gasteiger partial charge is 0.495 e. The molecule has 3 N–H and O–H groups in total. The molecule has 1 spiro atoms. The third kappa shape index (κ3) is 3.60. The molecule has 7 heteroatoms. The van der Waals surface area contributed by atoms with E-state index in [1.54, 1.807) is 19.2 Å². The van der Waals surface area contributed by atoms with Crippen LogP contribution in [0.4, 0.5) is 5.69 Å². The van der Waals surface area contributed by atoms with Crippen molar-refractivity contribution in [1.82, 2.24) is 0 Å². The molecule has 0 heterocycles. The van der Waals surface area contributed by atoms with Crippen LogP contribution in [-0.2, 0) is 4.74 Å². The number of hydrogen-bond donors (Lipinski definition) is 2. The first-order valence-corrected chi connectivity index (χ1v) is 8.52. The average Bonchev–Trinajstić information content (AvgIpc) is 2.44. The van der Waals surface area contributed by atoms with E-state index in [1.807, 2.05) is 13.0 Å². The highest BCUT2D eigenvalue weighted by molar-refractivity contribution is 14.0. The molecule has 2 fully saturated rings. The molecule has 2 saturated carbocycles. The van der Waals surface area contributed by atoms with Gasteiger partial charge in [0.2, 0.25) is 0 Å². The first-order valence-electron chi connectivity index (χ1n) is 8.14. The molecule has 1 aromatic rings. The number of methoxy groups -OCH3 is 1. The number of nitrogens with zero attached hydrogens (tertiary/aromatic N) is 1. The second kappa shape index (κ2) is 8.10. The molecule has 5 nitrogen and oxygen atoms in total. The Hall–Kier alpha value is -0.730. The van der Waals surface area contributed by atoms with E-state index in [0.717, 1.165) is 18.7 Å². The number of benzene rings is 1. The number of nitrogens with one attached hydrogen (secondary N) is 1. The standard InChI is InChI=1S/C17H24ClN3O2.HI/c1-3-23-15-10-14(17(15)7-4-8-17)21-16(19)20-11-5-6-13(22-2)12(18)9-11;/h5-6,9,14-15H,3-4,7-8,10H2,1-2H3,(H3,19,20,21);1H. The number of anilines is 1. The lowest BCUT2D eigenvalue weighted by Crippen LogP contribution is -2.61. The van der Waals surface area contributed by atoms with Crippen molar-refractivity contribution < 1.29 is 9.47 Å². The minimum absolute atomic E-state index is 0. The summed E-state index contributed by atoms with van der Waals surface area (Å²) in [5.74, 6) is 1.07. The van der Waals surface area contributed by atoms with Crippen molar-refractivity contribution in [3.63, 3.8) is 0 Å². The summed E-state index contributed by atoms with van der Waals surface area (Å²) in [5.41, 5.74) is 7.11. The lowest BCUT2D eigenvalue weighted by Gasteiger charge is -2.59. The molecule has 0 radical (unpaired) electrons. The van der Waals surface area contributed by atoms with E-state index in [9.17, 15) is 0 Å². The maximum atomic E-state index is 6.13. The van der Waals surface area contributed by atoms with Crippen molar-refractivity contribution in [2.75, 3.05) is 19.0 Å². The molecule has 24 heavy (non-hydrogen) atoms. The second-order valence-corrected chi connectivity index (χ2v) is 6.68. The van der Waals surface area contributed by atoms with Gasteiger partial charge in [-0.1, -0.05) is 18.0 Å². The minimum atomic E-state index is 0. The third-order valence-corrected chi connectivity index (χ3v) is 5.41. The van der Waals surface area contributed by atoms with Crippen molar-refractivity contribution in [2.24, 2.45) is 16.1 Å². The second-order valence-electron chi connectivity index (χ2n) is 6.27. The summed E-state index contributed by atoms with van der Waals surface area (Å²) >= 11 is 6.13. The molecule has 0 bridgehead atoms. The topological polar surface area (TPSA) is 68.9 Å². The van der Waals surface area contributed by atoms with E-state index in [4.69, 9.17) is 26.8 Å². The molecule has 0 aromatic heterocycles. The average molecular weight is 466 g/mol. The van der Waals surface area contributed by atoms with Crippen molar-refractivity contribution in [3.8, 4) is 5.75 Å². The monoisotopic (exact) mass is 465 g/mol. The van der Waals surface area contributed by atoms with Gasteiger partial charge in [-0.3, -0.25) is 0 Å². The maximum Gasteiger partial charge on any atom is 0.193 e. The Morgan fingerprint density at radius 3 is 2.75 bits per heavy atom. The summed E-state index contributed by atoms with van der Waals surface area (Å²) in [5, 5.41) is 3.66. The van der Waals surface area contributed by atoms with E-state index in [2.05, 4.69) is 10.3 Å². The van der Waals surface area contributed by atoms with E-state index in [-0.39, 0.29) is 35.4 Å². The van der Waals surface area contributed by atoms with Gasteiger partial charge >= 0.3 is 0 Å². The van der Waals surface area contributed by atoms with Gasteiger partial charge < -0.3 is 20.5 Å². The summed E-state index contributed by atoms with van der Waals surface area (Å²) < 4.78 is 11.0. The molecule has 2 unspecified atom stereocenters. The van der Waals surface area contributed by atoms with Crippen molar-refractivity contribution >= 4 is 47.2 Å². The number of aliphatic imine (C=N–C) groups is 1. The molecule has 0 saturated heterocycles. The molecule has 2 aliphatic carbocycles. The van der Waals surface area contributed by atoms with E-state index in [0.29, 0.717) is 22.8 Å². The highest BCUT2D eigenvalue weighted by Gasteiger charge is 2.59. The molecular weight excluding hydrogens is 441 g/mol. The van der Waals surface area contributed by atoms with Gasteiger partial charge in [0, 0.05) is 17.7 Å². The zero-order chi connectivity index (χ0) is 16.4. The summed E-state index contributed by atoms with van der Waals surface area (Å²) in [6, 6.07) is 5.72. The third-order valence-electron chi connectivity index (χ3n) is 5.11. The van der Waals surface area contributed by atoms with Crippen LogP contribution in [0.15, 0.2) is 23.2 Å². The number of guanidine groups is 1.